The predicted octanol–water partition coefficient (Wildman–Crippen LogP) is 0.299. The van der Waals surface area contributed by atoms with Crippen LogP contribution in [0.3, 0.4) is 0 Å². The number of methoxy groups -OCH3 is 1. The molecule has 0 aliphatic heterocycles. The number of rotatable bonds is 5. The first-order valence-electron chi connectivity index (χ1n) is 4.38. The highest BCUT2D eigenvalue weighted by atomic mass is 16.5. The molecule has 1 atom stereocenters. The molecule has 0 aromatic heterocycles. The van der Waals surface area contributed by atoms with Crippen LogP contribution >= 0.6 is 0 Å². The maximum Gasteiger partial charge on any atom is 0.222 e. The van der Waals surface area contributed by atoms with Gasteiger partial charge in [-0.25, -0.2) is 0 Å². The minimum absolute atomic E-state index is 0.104. The molecule has 0 aliphatic rings. The number of hydrogen-bond donors (Lipinski definition) is 2. The molecule has 1 amide bonds. The molecule has 1 unspecified atom stereocenters. The van der Waals surface area contributed by atoms with Gasteiger partial charge in [0.15, 0.2) is 0 Å². The van der Waals surface area contributed by atoms with E-state index in [0.29, 0.717) is 13.0 Å². The SMILES string of the molecule is COCCC(=O)NC(C)(C)C(C)O. The molecule has 0 radical (unpaired) electrons. The summed E-state index contributed by atoms with van der Waals surface area (Å²) < 4.78 is 4.76. The van der Waals surface area contributed by atoms with Crippen molar-refractivity contribution in [3.63, 3.8) is 0 Å². The molecule has 0 bridgehead atoms. The first-order valence-corrected chi connectivity index (χ1v) is 4.38. The van der Waals surface area contributed by atoms with E-state index in [2.05, 4.69) is 5.32 Å². The van der Waals surface area contributed by atoms with Crippen LogP contribution in [0.4, 0.5) is 0 Å². The lowest BCUT2D eigenvalue weighted by Crippen LogP contribution is -2.51. The van der Waals surface area contributed by atoms with E-state index < -0.39 is 11.6 Å². The fourth-order valence-corrected chi connectivity index (χ4v) is 0.721. The van der Waals surface area contributed by atoms with Crippen molar-refractivity contribution in [3.05, 3.63) is 0 Å². The molecule has 2 N–H and O–H groups in total. The second-order valence-corrected chi connectivity index (χ2v) is 3.69. The van der Waals surface area contributed by atoms with Crippen LogP contribution < -0.4 is 5.32 Å². The van der Waals surface area contributed by atoms with E-state index in [0.717, 1.165) is 0 Å². The molecule has 13 heavy (non-hydrogen) atoms. The minimum Gasteiger partial charge on any atom is -0.391 e. The summed E-state index contributed by atoms with van der Waals surface area (Å²) in [7, 11) is 1.55. The van der Waals surface area contributed by atoms with Gasteiger partial charge in [-0.2, -0.15) is 0 Å². The molecule has 0 saturated carbocycles. The highest BCUT2D eigenvalue weighted by Gasteiger charge is 2.25. The summed E-state index contributed by atoms with van der Waals surface area (Å²) in [5.41, 5.74) is -0.579. The number of carbonyl (C=O) groups is 1. The molecule has 0 fully saturated rings. The van der Waals surface area contributed by atoms with Crippen molar-refractivity contribution in [1.82, 2.24) is 5.32 Å². The number of ether oxygens (including phenoxy) is 1. The first kappa shape index (κ1) is 12.4. The molecule has 0 spiro atoms. The lowest BCUT2D eigenvalue weighted by molar-refractivity contribution is -0.124. The quantitative estimate of drug-likeness (QED) is 0.654. The van der Waals surface area contributed by atoms with Crippen LogP contribution in [0, 0.1) is 0 Å². The Labute approximate surface area is 79.3 Å². The molecular weight excluding hydrogens is 170 g/mol. The molecule has 0 aliphatic carbocycles. The molecule has 0 aromatic rings. The third-order valence-corrected chi connectivity index (χ3v) is 2.04. The van der Waals surface area contributed by atoms with Crippen LogP contribution in [0.25, 0.3) is 0 Å². The molecule has 0 heterocycles. The van der Waals surface area contributed by atoms with Gasteiger partial charge in [-0.15, -0.1) is 0 Å². The number of amides is 1. The van der Waals surface area contributed by atoms with Crippen LogP contribution in [0.1, 0.15) is 27.2 Å². The van der Waals surface area contributed by atoms with Gasteiger partial charge in [0.1, 0.15) is 0 Å². The highest BCUT2D eigenvalue weighted by Crippen LogP contribution is 2.08. The van der Waals surface area contributed by atoms with Crippen molar-refractivity contribution in [2.24, 2.45) is 0 Å². The Morgan fingerprint density at radius 1 is 1.62 bits per heavy atom. The second kappa shape index (κ2) is 5.19. The van der Waals surface area contributed by atoms with Crippen LogP contribution in [-0.4, -0.2) is 36.4 Å². The van der Waals surface area contributed by atoms with Crippen LogP contribution in [-0.2, 0) is 9.53 Å². The molecule has 78 valence electrons. The van der Waals surface area contributed by atoms with Crippen molar-refractivity contribution < 1.29 is 14.6 Å². The Balaban J connectivity index is 3.90. The van der Waals surface area contributed by atoms with Gasteiger partial charge in [-0.1, -0.05) is 0 Å². The standard InChI is InChI=1S/C9H19NO3/c1-7(11)9(2,3)10-8(12)5-6-13-4/h7,11H,5-6H2,1-4H3,(H,10,12). The van der Waals surface area contributed by atoms with Gasteiger partial charge in [-0.05, 0) is 20.8 Å². The highest BCUT2D eigenvalue weighted by molar-refractivity contribution is 5.76. The molecule has 4 nitrogen and oxygen atoms in total. The summed E-state index contributed by atoms with van der Waals surface area (Å²) in [6.45, 7) is 5.61. The summed E-state index contributed by atoms with van der Waals surface area (Å²) in [5, 5.41) is 12.0. The largest absolute Gasteiger partial charge is 0.391 e. The van der Waals surface area contributed by atoms with E-state index in [4.69, 9.17) is 4.74 Å². The Morgan fingerprint density at radius 3 is 2.54 bits per heavy atom. The Morgan fingerprint density at radius 2 is 2.15 bits per heavy atom. The fourth-order valence-electron chi connectivity index (χ4n) is 0.721. The lowest BCUT2D eigenvalue weighted by Gasteiger charge is -2.29. The normalized spacial score (nSPS) is 13.9. The van der Waals surface area contributed by atoms with E-state index in [1.165, 1.54) is 0 Å². The number of hydrogen-bond acceptors (Lipinski definition) is 3. The zero-order chi connectivity index (χ0) is 10.5. The Bertz CT molecular complexity index is 166. The van der Waals surface area contributed by atoms with E-state index in [1.54, 1.807) is 27.9 Å². The number of nitrogens with one attached hydrogen (secondary N) is 1. The van der Waals surface area contributed by atoms with Crippen molar-refractivity contribution in [2.45, 2.75) is 38.8 Å². The third-order valence-electron chi connectivity index (χ3n) is 2.04. The van der Waals surface area contributed by atoms with E-state index >= 15 is 0 Å². The van der Waals surface area contributed by atoms with Gasteiger partial charge in [0.25, 0.3) is 0 Å². The van der Waals surface area contributed by atoms with E-state index in [-0.39, 0.29) is 5.91 Å². The average Bonchev–Trinajstić information content (AvgIpc) is 1.99. The topological polar surface area (TPSA) is 58.6 Å². The molecule has 0 aromatic carbocycles. The Hall–Kier alpha value is -0.610. The summed E-state index contributed by atoms with van der Waals surface area (Å²) in [5.74, 6) is -0.104. The first-order chi connectivity index (χ1) is 5.90. The van der Waals surface area contributed by atoms with Crippen molar-refractivity contribution in [1.29, 1.82) is 0 Å². The van der Waals surface area contributed by atoms with E-state index in [9.17, 15) is 9.90 Å². The zero-order valence-electron chi connectivity index (χ0n) is 8.76. The van der Waals surface area contributed by atoms with Crippen LogP contribution in [0.15, 0.2) is 0 Å². The summed E-state index contributed by atoms with van der Waals surface area (Å²) in [4.78, 5) is 11.2. The van der Waals surface area contributed by atoms with Gasteiger partial charge in [0, 0.05) is 13.5 Å². The second-order valence-electron chi connectivity index (χ2n) is 3.69. The molecule has 4 heteroatoms. The number of carbonyl (C=O) groups excluding carboxylic acids is 1. The van der Waals surface area contributed by atoms with E-state index in [1.807, 2.05) is 0 Å². The van der Waals surface area contributed by atoms with Crippen LogP contribution in [0.2, 0.25) is 0 Å². The maximum absolute atomic E-state index is 11.2. The van der Waals surface area contributed by atoms with Crippen molar-refractivity contribution >= 4 is 5.91 Å². The summed E-state index contributed by atoms with van der Waals surface area (Å²) in [6.07, 6.45) is -0.244. The zero-order valence-corrected chi connectivity index (χ0v) is 8.76. The van der Waals surface area contributed by atoms with Gasteiger partial charge in [0.05, 0.1) is 18.2 Å². The van der Waals surface area contributed by atoms with Gasteiger partial charge in [-0.3, -0.25) is 4.79 Å². The van der Waals surface area contributed by atoms with Crippen LogP contribution in [0.5, 0.6) is 0 Å². The molecule has 0 saturated heterocycles. The molecular formula is C9H19NO3. The lowest BCUT2D eigenvalue weighted by atomic mass is 9.99. The van der Waals surface area contributed by atoms with Crippen molar-refractivity contribution in [3.8, 4) is 0 Å². The number of aliphatic hydroxyl groups excluding tert-OH is 1. The van der Waals surface area contributed by atoms with Gasteiger partial charge in [0.2, 0.25) is 5.91 Å². The smallest absolute Gasteiger partial charge is 0.222 e. The molecule has 0 rings (SSSR count). The van der Waals surface area contributed by atoms with Gasteiger partial charge >= 0.3 is 0 Å². The summed E-state index contributed by atoms with van der Waals surface area (Å²) >= 11 is 0. The van der Waals surface area contributed by atoms with Crippen molar-refractivity contribution in [2.75, 3.05) is 13.7 Å². The van der Waals surface area contributed by atoms with Gasteiger partial charge < -0.3 is 15.2 Å². The minimum atomic E-state index is -0.579. The third kappa shape index (κ3) is 4.85. The fraction of sp³-hybridized carbons (Fsp3) is 0.889. The average molecular weight is 189 g/mol. The predicted molar refractivity (Wildman–Crippen MR) is 50.4 cm³/mol. The Kier molecular flexibility index (Phi) is 4.95. The monoisotopic (exact) mass is 189 g/mol. The summed E-state index contributed by atoms with van der Waals surface area (Å²) in [6, 6.07) is 0. The maximum atomic E-state index is 11.2. The number of aliphatic hydroxyl groups is 1.